The van der Waals surface area contributed by atoms with Crippen molar-refractivity contribution in [2.75, 3.05) is 13.2 Å². The molecule has 0 bridgehead atoms. The fourth-order valence-electron chi connectivity index (χ4n) is 3.07. The van der Waals surface area contributed by atoms with Crippen LogP contribution in [0.4, 0.5) is 0 Å². The average molecular weight is 377 g/mol. The maximum Gasteiger partial charge on any atom is 0.260 e. The van der Waals surface area contributed by atoms with Crippen molar-refractivity contribution in [2.45, 2.75) is 32.8 Å². The molecule has 4 nitrogen and oxygen atoms in total. The minimum Gasteiger partial charge on any atom is -0.494 e. The summed E-state index contributed by atoms with van der Waals surface area (Å²) < 4.78 is 11.3. The Bertz CT molecular complexity index is 905. The summed E-state index contributed by atoms with van der Waals surface area (Å²) in [6.07, 6.45) is 1.25. The Morgan fingerprint density at radius 3 is 2.43 bits per heavy atom. The number of amides is 1. The number of nitrogens with one attached hydrogen (secondary N) is 1. The predicted molar refractivity (Wildman–Crippen MR) is 113 cm³/mol. The molecule has 0 aliphatic heterocycles. The van der Waals surface area contributed by atoms with Gasteiger partial charge in [0.25, 0.3) is 5.91 Å². The van der Waals surface area contributed by atoms with E-state index in [2.05, 4.69) is 23.5 Å². The molecule has 4 heteroatoms. The second kappa shape index (κ2) is 9.79. The van der Waals surface area contributed by atoms with Crippen LogP contribution in [0.2, 0.25) is 0 Å². The van der Waals surface area contributed by atoms with Gasteiger partial charge in [0, 0.05) is 6.54 Å². The fraction of sp³-hybridized carbons (Fsp3) is 0.292. The number of hydrogen-bond acceptors (Lipinski definition) is 3. The molecule has 146 valence electrons. The molecule has 1 amide bonds. The van der Waals surface area contributed by atoms with Gasteiger partial charge in [0.15, 0.2) is 6.10 Å². The molecule has 0 saturated carbocycles. The number of carbonyl (C=O) groups excluding carboxylic acids is 1. The minimum absolute atomic E-state index is 0.0974. The lowest BCUT2D eigenvalue weighted by Gasteiger charge is -2.15. The van der Waals surface area contributed by atoms with Crippen LogP contribution in [-0.4, -0.2) is 25.2 Å². The number of benzene rings is 3. The Morgan fingerprint density at radius 1 is 0.964 bits per heavy atom. The zero-order valence-corrected chi connectivity index (χ0v) is 16.5. The first-order chi connectivity index (χ1) is 13.7. The standard InChI is InChI=1S/C24H27NO3/c1-3-27-22-13-10-19(11-14-22)7-6-16-25-24(26)18(2)28-23-15-12-20-8-4-5-9-21(20)17-23/h4-5,8-15,17-18H,3,6-7,16H2,1-2H3,(H,25,26)/t18-/m0/s1. The molecule has 3 rings (SSSR count). The van der Waals surface area contributed by atoms with Crippen LogP contribution in [0, 0.1) is 0 Å². The van der Waals surface area contributed by atoms with Gasteiger partial charge in [-0.25, -0.2) is 0 Å². The summed E-state index contributed by atoms with van der Waals surface area (Å²) in [6, 6.07) is 22.1. The maximum absolute atomic E-state index is 12.3. The summed E-state index contributed by atoms with van der Waals surface area (Å²) in [5.41, 5.74) is 1.23. The van der Waals surface area contributed by atoms with Gasteiger partial charge < -0.3 is 14.8 Å². The molecular weight excluding hydrogens is 350 g/mol. The van der Waals surface area contributed by atoms with Gasteiger partial charge in [0.2, 0.25) is 0 Å². The van der Waals surface area contributed by atoms with E-state index in [0.717, 1.165) is 29.4 Å². The van der Waals surface area contributed by atoms with E-state index >= 15 is 0 Å². The molecule has 1 atom stereocenters. The third-order valence-corrected chi connectivity index (χ3v) is 4.58. The van der Waals surface area contributed by atoms with Gasteiger partial charge in [-0.3, -0.25) is 4.79 Å². The highest BCUT2D eigenvalue weighted by molar-refractivity contribution is 5.84. The summed E-state index contributed by atoms with van der Waals surface area (Å²) in [5.74, 6) is 1.50. The molecule has 0 aliphatic carbocycles. The van der Waals surface area contributed by atoms with Gasteiger partial charge in [-0.05, 0) is 67.3 Å². The van der Waals surface area contributed by atoms with Crippen molar-refractivity contribution in [1.29, 1.82) is 0 Å². The molecule has 0 radical (unpaired) electrons. The molecule has 1 N–H and O–H groups in total. The van der Waals surface area contributed by atoms with E-state index in [1.165, 1.54) is 5.56 Å². The highest BCUT2D eigenvalue weighted by Crippen LogP contribution is 2.21. The van der Waals surface area contributed by atoms with E-state index in [1.807, 2.05) is 55.5 Å². The molecule has 0 aromatic heterocycles. The average Bonchev–Trinajstić information content (AvgIpc) is 2.72. The van der Waals surface area contributed by atoms with Crippen LogP contribution in [0.25, 0.3) is 10.8 Å². The third-order valence-electron chi connectivity index (χ3n) is 4.58. The number of fused-ring (bicyclic) bond motifs is 1. The number of rotatable bonds is 9. The van der Waals surface area contributed by atoms with E-state index < -0.39 is 6.10 Å². The van der Waals surface area contributed by atoms with E-state index in [0.29, 0.717) is 18.9 Å². The molecule has 0 fully saturated rings. The third kappa shape index (κ3) is 5.49. The monoisotopic (exact) mass is 377 g/mol. The lowest BCUT2D eigenvalue weighted by atomic mass is 10.1. The molecule has 0 saturated heterocycles. The van der Waals surface area contributed by atoms with E-state index in [1.54, 1.807) is 6.92 Å². The molecule has 28 heavy (non-hydrogen) atoms. The number of aryl methyl sites for hydroxylation is 1. The first-order valence-electron chi connectivity index (χ1n) is 9.80. The second-order valence-corrected chi connectivity index (χ2v) is 6.74. The van der Waals surface area contributed by atoms with Crippen LogP contribution in [0.3, 0.4) is 0 Å². The van der Waals surface area contributed by atoms with E-state index in [4.69, 9.17) is 9.47 Å². The maximum atomic E-state index is 12.3. The summed E-state index contributed by atoms with van der Waals surface area (Å²) in [5, 5.41) is 5.21. The van der Waals surface area contributed by atoms with Crippen molar-refractivity contribution < 1.29 is 14.3 Å². The van der Waals surface area contributed by atoms with Crippen LogP contribution >= 0.6 is 0 Å². The topological polar surface area (TPSA) is 47.6 Å². The lowest BCUT2D eigenvalue weighted by molar-refractivity contribution is -0.127. The zero-order valence-electron chi connectivity index (χ0n) is 16.5. The van der Waals surface area contributed by atoms with Crippen LogP contribution in [-0.2, 0) is 11.2 Å². The van der Waals surface area contributed by atoms with Gasteiger partial charge in [-0.2, -0.15) is 0 Å². The SMILES string of the molecule is CCOc1ccc(CCCNC(=O)[C@H](C)Oc2ccc3ccccc3c2)cc1. The van der Waals surface area contributed by atoms with Gasteiger partial charge in [0.1, 0.15) is 11.5 Å². The molecule has 0 heterocycles. The molecule has 0 aliphatic rings. The molecular formula is C24H27NO3. The molecule has 0 unspecified atom stereocenters. The van der Waals surface area contributed by atoms with Crippen LogP contribution in [0.5, 0.6) is 11.5 Å². The lowest BCUT2D eigenvalue weighted by Crippen LogP contribution is -2.36. The fourth-order valence-corrected chi connectivity index (χ4v) is 3.07. The van der Waals surface area contributed by atoms with Crippen molar-refractivity contribution in [2.24, 2.45) is 0 Å². The van der Waals surface area contributed by atoms with Gasteiger partial charge in [-0.1, -0.05) is 42.5 Å². The van der Waals surface area contributed by atoms with Gasteiger partial charge in [-0.15, -0.1) is 0 Å². The van der Waals surface area contributed by atoms with Crippen molar-refractivity contribution in [3.63, 3.8) is 0 Å². The van der Waals surface area contributed by atoms with Crippen LogP contribution in [0.15, 0.2) is 66.7 Å². The first-order valence-corrected chi connectivity index (χ1v) is 9.80. The highest BCUT2D eigenvalue weighted by atomic mass is 16.5. The largest absolute Gasteiger partial charge is 0.494 e. The normalized spacial score (nSPS) is 11.8. The minimum atomic E-state index is -0.536. The van der Waals surface area contributed by atoms with Crippen molar-refractivity contribution in [1.82, 2.24) is 5.32 Å². The Hall–Kier alpha value is -3.01. The van der Waals surface area contributed by atoms with E-state index in [-0.39, 0.29) is 5.91 Å². The summed E-state index contributed by atoms with van der Waals surface area (Å²) in [6.45, 7) is 5.04. The number of hydrogen-bond donors (Lipinski definition) is 1. The zero-order chi connectivity index (χ0) is 19.8. The Labute approximate surface area is 166 Å². The van der Waals surface area contributed by atoms with Gasteiger partial charge in [0.05, 0.1) is 6.61 Å². The quantitative estimate of drug-likeness (QED) is 0.547. The van der Waals surface area contributed by atoms with Crippen molar-refractivity contribution >= 4 is 16.7 Å². The van der Waals surface area contributed by atoms with Crippen LogP contribution < -0.4 is 14.8 Å². The Morgan fingerprint density at radius 2 is 1.68 bits per heavy atom. The molecule has 0 spiro atoms. The first kappa shape index (κ1) is 19.7. The molecule has 3 aromatic carbocycles. The van der Waals surface area contributed by atoms with Crippen molar-refractivity contribution in [3.8, 4) is 11.5 Å². The summed E-state index contributed by atoms with van der Waals surface area (Å²) in [7, 11) is 0. The number of ether oxygens (including phenoxy) is 2. The van der Waals surface area contributed by atoms with Crippen LogP contribution in [0.1, 0.15) is 25.8 Å². The molecule has 3 aromatic rings. The smallest absolute Gasteiger partial charge is 0.260 e. The highest BCUT2D eigenvalue weighted by Gasteiger charge is 2.14. The summed E-state index contributed by atoms with van der Waals surface area (Å²) >= 11 is 0. The summed E-state index contributed by atoms with van der Waals surface area (Å²) in [4.78, 5) is 12.3. The van der Waals surface area contributed by atoms with Gasteiger partial charge >= 0.3 is 0 Å². The number of carbonyl (C=O) groups is 1. The Balaban J connectivity index is 1.42. The van der Waals surface area contributed by atoms with E-state index in [9.17, 15) is 4.79 Å². The Kier molecular flexibility index (Phi) is 6.90. The second-order valence-electron chi connectivity index (χ2n) is 6.74. The predicted octanol–water partition coefficient (Wildman–Crippen LogP) is 4.75. The van der Waals surface area contributed by atoms with Crippen molar-refractivity contribution in [3.05, 3.63) is 72.3 Å².